The number of nitrogens with zero attached hydrogens (tertiary/aromatic N) is 14. The van der Waals surface area contributed by atoms with Crippen molar-refractivity contribution in [3.63, 3.8) is 0 Å². The predicted molar refractivity (Wildman–Crippen MR) is 202 cm³/mol. The predicted octanol–water partition coefficient (Wildman–Crippen LogP) is 0.934. The fourth-order valence-corrected chi connectivity index (χ4v) is 8.17. The number of hydrogen-bond donors (Lipinski definition) is 2. The monoisotopic (exact) mass is 836 g/mol. The van der Waals surface area contributed by atoms with E-state index in [2.05, 4.69) is 40.8 Å². The molecule has 2 aliphatic heterocycles. The molecule has 2 N–H and O–H groups in total. The zero-order chi connectivity index (χ0) is 42.1. The summed E-state index contributed by atoms with van der Waals surface area (Å²) in [5, 5.41) is 24.5. The third-order valence-corrected chi connectivity index (χ3v) is 11.9. The minimum atomic E-state index is -2.63. The summed E-state index contributed by atoms with van der Waals surface area (Å²) in [4.78, 5) is 62.2. The molecule has 0 bridgehead atoms. The summed E-state index contributed by atoms with van der Waals surface area (Å²) in [6.07, 6.45) is 4.12. The minimum Gasteiger partial charge on any atom is -0.335 e. The van der Waals surface area contributed by atoms with Crippen LogP contribution in [0.3, 0.4) is 0 Å². The summed E-state index contributed by atoms with van der Waals surface area (Å²) >= 11 is 0. The molecule has 316 valence electrons. The van der Waals surface area contributed by atoms with E-state index in [0.717, 1.165) is 0 Å². The maximum Gasteiger partial charge on any atom is 0.276 e. The smallest absolute Gasteiger partial charge is 0.276 e. The number of alkyl halides is 4. The van der Waals surface area contributed by atoms with Gasteiger partial charge in [-0.05, 0) is 51.0 Å². The molecule has 0 aromatic carbocycles. The van der Waals surface area contributed by atoms with Gasteiger partial charge in [-0.15, -0.1) is 20.4 Å². The summed E-state index contributed by atoms with van der Waals surface area (Å²) in [5.74, 6) is -5.60. The molecule has 0 spiro atoms. The second kappa shape index (κ2) is 14.8. The van der Waals surface area contributed by atoms with E-state index < -0.39 is 23.9 Å². The fourth-order valence-electron chi connectivity index (χ4n) is 8.17. The highest BCUT2D eigenvalue weighted by Gasteiger charge is 2.52. The van der Waals surface area contributed by atoms with Crippen molar-refractivity contribution in [3.8, 4) is 11.9 Å². The lowest BCUT2D eigenvalue weighted by atomic mass is 9.86. The molecule has 4 fully saturated rings. The van der Waals surface area contributed by atoms with Gasteiger partial charge in [0.15, 0.2) is 11.4 Å². The largest absolute Gasteiger partial charge is 0.335 e. The first kappa shape index (κ1) is 39.2. The van der Waals surface area contributed by atoms with Crippen molar-refractivity contribution < 1.29 is 27.2 Å². The van der Waals surface area contributed by atoms with Crippen LogP contribution in [0.5, 0.6) is 0 Å². The molecule has 2 atom stereocenters. The Morgan fingerprint density at radius 2 is 1.02 bits per heavy atom. The maximum absolute atomic E-state index is 13.7. The van der Waals surface area contributed by atoms with Crippen LogP contribution in [-0.2, 0) is 0 Å². The van der Waals surface area contributed by atoms with E-state index in [4.69, 9.17) is 0 Å². The highest BCUT2D eigenvalue weighted by Crippen LogP contribution is 2.42. The van der Waals surface area contributed by atoms with E-state index >= 15 is 0 Å². The van der Waals surface area contributed by atoms with Crippen LogP contribution >= 0.6 is 0 Å². The standard InChI is InChI=1S/2C18H20F2N8O2/c2*1-11-14(16(30)26-9-7-25(8-10-26)13-4-5-18(13,19)20)22-24-28(11)17-21-15(29)12-3-2-6-27(12)23-17/h2*2-3,6,13H,4-5,7-10H2,1H3,(H,21,23,29). The van der Waals surface area contributed by atoms with Gasteiger partial charge in [-0.2, -0.15) is 9.36 Å². The number of fused-ring (bicyclic) bond motifs is 2. The fraction of sp³-hybridized carbons (Fsp3) is 0.500. The molecule has 6 aromatic rings. The van der Waals surface area contributed by atoms with Crippen LogP contribution in [0.4, 0.5) is 17.6 Å². The van der Waals surface area contributed by atoms with Gasteiger partial charge >= 0.3 is 0 Å². The van der Waals surface area contributed by atoms with Gasteiger partial charge < -0.3 is 9.80 Å². The van der Waals surface area contributed by atoms with Gasteiger partial charge in [0.2, 0.25) is 0 Å². The first-order valence-electron chi connectivity index (χ1n) is 19.5. The molecular formula is C36H40F4N16O4. The number of amides is 2. The van der Waals surface area contributed by atoms with Crippen LogP contribution < -0.4 is 11.1 Å². The molecule has 2 unspecified atom stereocenters. The van der Waals surface area contributed by atoms with Crippen LogP contribution in [0.15, 0.2) is 46.2 Å². The zero-order valence-electron chi connectivity index (χ0n) is 32.5. The second-order valence-electron chi connectivity index (χ2n) is 15.4. The Morgan fingerprint density at radius 1 is 0.633 bits per heavy atom. The van der Waals surface area contributed by atoms with Gasteiger partial charge in [0, 0.05) is 77.6 Å². The maximum atomic E-state index is 13.7. The van der Waals surface area contributed by atoms with Crippen LogP contribution in [0, 0.1) is 13.8 Å². The van der Waals surface area contributed by atoms with E-state index in [-0.39, 0.29) is 59.1 Å². The SMILES string of the molecule is Cc1c(C(=O)N2CCN(C3CCC3(F)F)CC2)nnn1-c1nn2cccc2c(=O)[nH]1.Cc1c(C(=O)N2CCN(C3CCC3(F)F)CC2)nnn1-c1nn2cccc2c(=O)[nH]1. The van der Waals surface area contributed by atoms with E-state index in [1.54, 1.807) is 70.1 Å². The zero-order valence-corrected chi connectivity index (χ0v) is 32.5. The number of halogens is 4. The van der Waals surface area contributed by atoms with Crippen molar-refractivity contribution in [3.05, 3.63) is 80.1 Å². The van der Waals surface area contributed by atoms with Crippen LogP contribution in [0.1, 0.15) is 58.0 Å². The molecule has 20 nitrogen and oxygen atoms in total. The van der Waals surface area contributed by atoms with Crippen LogP contribution in [0.25, 0.3) is 22.9 Å². The van der Waals surface area contributed by atoms with E-state index in [1.165, 1.54) is 18.4 Å². The van der Waals surface area contributed by atoms with E-state index in [0.29, 0.717) is 87.6 Å². The Bertz CT molecular complexity index is 2530. The lowest BCUT2D eigenvalue weighted by molar-refractivity contribution is -0.154. The number of carbonyl (C=O) groups is 2. The van der Waals surface area contributed by atoms with Crippen molar-refractivity contribution in [2.24, 2.45) is 0 Å². The molecule has 24 heteroatoms. The number of H-pyrrole nitrogens is 2. The topological polar surface area (TPSA) is 209 Å². The minimum absolute atomic E-state index is 0.0654. The molecule has 10 rings (SSSR count). The Morgan fingerprint density at radius 3 is 1.35 bits per heavy atom. The van der Waals surface area contributed by atoms with Crippen molar-refractivity contribution >= 4 is 22.8 Å². The van der Waals surface area contributed by atoms with Gasteiger partial charge in [0.1, 0.15) is 11.0 Å². The Balaban J connectivity index is 0.000000154. The van der Waals surface area contributed by atoms with Gasteiger partial charge in [-0.3, -0.25) is 38.9 Å². The van der Waals surface area contributed by atoms with Crippen molar-refractivity contribution in [1.82, 2.24) is 78.8 Å². The number of aromatic nitrogens is 12. The Labute approximate surface area is 336 Å². The third kappa shape index (κ3) is 6.81. The second-order valence-corrected chi connectivity index (χ2v) is 15.4. The Hall–Kier alpha value is -6.30. The molecule has 8 heterocycles. The van der Waals surface area contributed by atoms with Gasteiger partial charge in [-0.1, -0.05) is 10.4 Å². The normalized spacial score (nSPS) is 21.7. The molecule has 2 saturated heterocycles. The highest BCUT2D eigenvalue weighted by molar-refractivity contribution is 5.94. The van der Waals surface area contributed by atoms with Crippen molar-refractivity contribution in [1.29, 1.82) is 0 Å². The summed E-state index contributed by atoms with van der Waals surface area (Å²) in [7, 11) is 0. The third-order valence-electron chi connectivity index (χ3n) is 11.9. The first-order valence-corrected chi connectivity index (χ1v) is 19.5. The summed E-state index contributed by atoms with van der Waals surface area (Å²) in [6, 6.07) is 5.23. The van der Waals surface area contributed by atoms with Crippen LogP contribution in [-0.4, -0.2) is 167 Å². The number of nitrogens with one attached hydrogen (secondary N) is 2. The molecular weight excluding hydrogens is 796 g/mol. The first-order chi connectivity index (χ1) is 28.7. The molecule has 2 aliphatic carbocycles. The van der Waals surface area contributed by atoms with Gasteiger partial charge in [-0.25, -0.2) is 26.6 Å². The lowest BCUT2D eigenvalue weighted by Crippen LogP contribution is -2.60. The van der Waals surface area contributed by atoms with Gasteiger partial charge in [0.05, 0.1) is 23.5 Å². The summed E-state index contributed by atoms with van der Waals surface area (Å²) < 4.78 is 60.1. The molecule has 0 radical (unpaired) electrons. The number of rotatable bonds is 6. The highest BCUT2D eigenvalue weighted by atomic mass is 19.3. The average molecular weight is 837 g/mol. The van der Waals surface area contributed by atoms with E-state index in [1.807, 2.05) is 0 Å². The molecule has 2 amide bonds. The Kier molecular flexibility index (Phi) is 9.64. The number of piperazine rings is 2. The number of hydrogen-bond acceptors (Lipinski definition) is 12. The average Bonchev–Trinajstić information content (AvgIpc) is 4.05. The van der Waals surface area contributed by atoms with Gasteiger partial charge in [0.25, 0.3) is 46.7 Å². The van der Waals surface area contributed by atoms with Crippen LogP contribution in [0.2, 0.25) is 0 Å². The summed E-state index contributed by atoms with van der Waals surface area (Å²) in [6.45, 7) is 6.33. The molecule has 4 aliphatic rings. The molecule has 2 saturated carbocycles. The number of aromatic amines is 2. The lowest BCUT2D eigenvalue weighted by Gasteiger charge is -2.47. The molecule has 6 aromatic heterocycles. The van der Waals surface area contributed by atoms with Crippen molar-refractivity contribution in [2.75, 3.05) is 52.4 Å². The number of carbonyl (C=O) groups excluding carboxylic acids is 2. The van der Waals surface area contributed by atoms with E-state index in [9.17, 15) is 36.7 Å². The van der Waals surface area contributed by atoms with Crippen molar-refractivity contribution in [2.45, 2.75) is 63.5 Å². The quantitative estimate of drug-likeness (QED) is 0.225. The summed E-state index contributed by atoms with van der Waals surface area (Å²) in [5.41, 5.74) is 1.27. The molecule has 60 heavy (non-hydrogen) atoms.